The molecule has 1 fully saturated rings. The minimum Gasteiger partial charge on any atom is -0.481 e. The molecule has 0 spiro atoms. The molecule has 134 valence electrons. The number of carbonyl (C=O) groups is 2. The number of nitrogens with zero attached hydrogens (tertiary/aromatic N) is 1. The Morgan fingerprint density at radius 3 is 2.36 bits per heavy atom. The van der Waals surface area contributed by atoms with Gasteiger partial charge in [0.25, 0.3) is 5.91 Å². The van der Waals surface area contributed by atoms with Crippen molar-refractivity contribution < 1.29 is 14.7 Å². The van der Waals surface area contributed by atoms with Crippen LogP contribution in [0.5, 0.6) is 0 Å². The Morgan fingerprint density at radius 1 is 1.12 bits per heavy atom. The number of hydrogen-bond acceptors (Lipinski definition) is 3. The minimum atomic E-state index is -0.754. The molecule has 0 bridgehead atoms. The monoisotopic (exact) mass is 342 g/mol. The first-order valence-corrected chi connectivity index (χ1v) is 9.07. The van der Waals surface area contributed by atoms with Crippen LogP contribution in [0.15, 0.2) is 35.9 Å². The lowest BCUT2D eigenvalue weighted by molar-refractivity contribution is -0.143. The van der Waals surface area contributed by atoms with E-state index >= 15 is 0 Å². The highest BCUT2D eigenvalue weighted by Gasteiger charge is 2.27. The molecule has 1 aliphatic carbocycles. The van der Waals surface area contributed by atoms with Crippen molar-refractivity contribution in [3.63, 3.8) is 0 Å². The molecule has 1 heterocycles. The van der Waals surface area contributed by atoms with Crippen LogP contribution in [0.25, 0.3) is 0 Å². The fourth-order valence-corrected chi connectivity index (χ4v) is 3.55. The number of carboxylic acids is 1. The molecule has 2 N–H and O–H groups in total. The molecule has 1 saturated heterocycles. The second-order valence-corrected chi connectivity index (χ2v) is 7.15. The first-order valence-electron chi connectivity index (χ1n) is 9.07. The number of anilines is 1. The first kappa shape index (κ1) is 17.5. The van der Waals surface area contributed by atoms with Crippen LogP contribution >= 0.6 is 0 Å². The van der Waals surface area contributed by atoms with Crippen LogP contribution < -0.4 is 5.32 Å². The van der Waals surface area contributed by atoms with Gasteiger partial charge >= 0.3 is 5.97 Å². The quantitative estimate of drug-likeness (QED) is 0.821. The molecule has 5 nitrogen and oxygen atoms in total. The number of amides is 1. The molecule has 2 aliphatic rings. The van der Waals surface area contributed by atoms with Crippen molar-refractivity contribution >= 4 is 17.6 Å². The van der Waals surface area contributed by atoms with Crippen LogP contribution in [0.1, 0.15) is 49.4 Å². The topological polar surface area (TPSA) is 69.6 Å². The fourth-order valence-electron chi connectivity index (χ4n) is 3.55. The van der Waals surface area contributed by atoms with Crippen LogP contribution in [0, 0.1) is 5.92 Å². The maximum atomic E-state index is 12.6. The van der Waals surface area contributed by atoms with E-state index in [1.165, 1.54) is 5.57 Å². The van der Waals surface area contributed by atoms with E-state index in [4.69, 9.17) is 5.11 Å². The predicted molar refractivity (Wildman–Crippen MR) is 97.7 cm³/mol. The standard InChI is InChI=1S/C20H26N2O3/c1-14-2-6-17(7-3-14)21-18-8-4-15(5-9-18)19(23)22-12-10-16(11-13-22)20(24)25/h2,4-5,8-9,16-17,21H,3,6-7,10-13H2,1H3,(H,24,25). The maximum Gasteiger partial charge on any atom is 0.306 e. The number of rotatable bonds is 4. The van der Waals surface area contributed by atoms with Crippen LogP contribution in [0.4, 0.5) is 5.69 Å². The highest BCUT2D eigenvalue weighted by molar-refractivity contribution is 5.94. The zero-order chi connectivity index (χ0) is 17.8. The zero-order valence-electron chi connectivity index (χ0n) is 14.7. The molecule has 0 saturated carbocycles. The Balaban J connectivity index is 1.55. The third-order valence-corrected chi connectivity index (χ3v) is 5.27. The Bertz CT molecular complexity index is 658. The molecule has 0 radical (unpaired) electrons. The van der Waals surface area contributed by atoms with E-state index in [1.54, 1.807) is 4.90 Å². The van der Waals surface area contributed by atoms with Gasteiger partial charge in [0.05, 0.1) is 5.92 Å². The summed E-state index contributed by atoms with van der Waals surface area (Å²) < 4.78 is 0. The number of piperidine rings is 1. The van der Waals surface area contributed by atoms with Crippen LogP contribution in [-0.2, 0) is 4.79 Å². The number of likely N-dealkylation sites (tertiary alicyclic amines) is 1. The molecule has 1 atom stereocenters. The average molecular weight is 342 g/mol. The van der Waals surface area contributed by atoms with Gasteiger partial charge in [-0.1, -0.05) is 11.6 Å². The normalized spacial score (nSPS) is 21.6. The van der Waals surface area contributed by atoms with Gasteiger partial charge < -0.3 is 15.3 Å². The van der Waals surface area contributed by atoms with Gasteiger partial charge in [-0.25, -0.2) is 0 Å². The van der Waals surface area contributed by atoms with Crippen molar-refractivity contribution in [3.8, 4) is 0 Å². The minimum absolute atomic E-state index is 0.00777. The molecule has 5 heteroatoms. The van der Waals surface area contributed by atoms with E-state index in [9.17, 15) is 9.59 Å². The van der Waals surface area contributed by atoms with Crippen LogP contribution in [0.2, 0.25) is 0 Å². The van der Waals surface area contributed by atoms with Gasteiger partial charge in [0.1, 0.15) is 0 Å². The number of carboxylic acid groups (broad SMARTS) is 1. The zero-order valence-corrected chi connectivity index (χ0v) is 14.7. The number of allylic oxidation sites excluding steroid dienone is 1. The van der Waals surface area contributed by atoms with Gasteiger partial charge in [-0.3, -0.25) is 9.59 Å². The number of nitrogens with one attached hydrogen (secondary N) is 1. The molecular formula is C20H26N2O3. The third-order valence-electron chi connectivity index (χ3n) is 5.27. The van der Waals surface area contributed by atoms with Crippen molar-refractivity contribution in [1.82, 2.24) is 4.90 Å². The third kappa shape index (κ3) is 4.41. The van der Waals surface area contributed by atoms with Crippen molar-refractivity contribution in [2.75, 3.05) is 18.4 Å². The largest absolute Gasteiger partial charge is 0.481 e. The van der Waals surface area contributed by atoms with Crippen molar-refractivity contribution in [2.45, 2.75) is 45.1 Å². The van der Waals surface area contributed by atoms with Crippen molar-refractivity contribution in [1.29, 1.82) is 0 Å². The molecule has 1 aromatic rings. The summed E-state index contributed by atoms with van der Waals surface area (Å²) in [5.41, 5.74) is 3.17. The van der Waals surface area contributed by atoms with E-state index in [2.05, 4.69) is 18.3 Å². The maximum absolute atomic E-state index is 12.6. The van der Waals surface area contributed by atoms with Gasteiger partial charge in [-0.2, -0.15) is 0 Å². The molecule has 0 aromatic heterocycles. The summed E-state index contributed by atoms with van der Waals surface area (Å²) >= 11 is 0. The SMILES string of the molecule is CC1=CCC(Nc2ccc(C(=O)N3CCC(C(=O)O)CC3)cc2)CC1. The second kappa shape index (κ2) is 7.72. The Morgan fingerprint density at radius 2 is 1.80 bits per heavy atom. The lowest BCUT2D eigenvalue weighted by Gasteiger charge is -2.30. The Hall–Kier alpha value is -2.30. The molecular weight excluding hydrogens is 316 g/mol. The van der Waals surface area contributed by atoms with Crippen molar-refractivity contribution in [2.24, 2.45) is 5.92 Å². The van der Waals surface area contributed by atoms with E-state index in [0.29, 0.717) is 37.5 Å². The van der Waals surface area contributed by atoms with Gasteiger partial charge in [-0.15, -0.1) is 0 Å². The number of aliphatic carboxylic acids is 1. The van der Waals surface area contributed by atoms with Gasteiger partial charge in [0.2, 0.25) is 0 Å². The van der Waals surface area contributed by atoms with Crippen molar-refractivity contribution in [3.05, 3.63) is 41.5 Å². The second-order valence-electron chi connectivity index (χ2n) is 7.15. The van der Waals surface area contributed by atoms with E-state index < -0.39 is 5.97 Å². The van der Waals surface area contributed by atoms with Gasteiger partial charge in [-0.05, 0) is 63.3 Å². The summed E-state index contributed by atoms with van der Waals surface area (Å²) in [7, 11) is 0. The molecule has 1 aromatic carbocycles. The number of hydrogen-bond donors (Lipinski definition) is 2. The van der Waals surface area contributed by atoms with E-state index in [0.717, 1.165) is 24.9 Å². The number of benzene rings is 1. The summed E-state index contributed by atoms with van der Waals surface area (Å²) in [4.78, 5) is 25.3. The Kier molecular flexibility index (Phi) is 5.41. The fraction of sp³-hybridized carbons (Fsp3) is 0.500. The molecule has 1 unspecified atom stereocenters. The van der Waals surface area contributed by atoms with E-state index in [-0.39, 0.29) is 11.8 Å². The summed E-state index contributed by atoms with van der Waals surface area (Å²) in [6.45, 7) is 3.21. The highest BCUT2D eigenvalue weighted by atomic mass is 16.4. The number of carbonyl (C=O) groups excluding carboxylic acids is 1. The summed E-state index contributed by atoms with van der Waals surface area (Å²) in [6.07, 6.45) is 6.69. The summed E-state index contributed by atoms with van der Waals surface area (Å²) in [5, 5.41) is 12.6. The molecule has 25 heavy (non-hydrogen) atoms. The summed E-state index contributed by atoms with van der Waals surface area (Å²) in [6, 6.07) is 8.10. The molecule has 1 amide bonds. The molecule has 3 rings (SSSR count). The van der Waals surface area contributed by atoms with E-state index in [1.807, 2.05) is 24.3 Å². The lowest BCUT2D eigenvalue weighted by atomic mass is 9.96. The lowest BCUT2D eigenvalue weighted by Crippen LogP contribution is -2.40. The summed E-state index contributed by atoms with van der Waals surface area (Å²) in [5.74, 6) is -1.08. The first-order chi connectivity index (χ1) is 12.0. The van der Waals surface area contributed by atoms with Gasteiger partial charge in [0, 0.05) is 30.4 Å². The van der Waals surface area contributed by atoms with Crippen LogP contribution in [-0.4, -0.2) is 41.0 Å². The smallest absolute Gasteiger partial charge is 0.306 e. The predicted octanol–water partition coefficient (Wildman–Crippen LogP) is 3.53. The highest BCUT2D eigenvalue weighted by Crippen LogP contribution is 2.23. The Labute approximate surface area is 148 Å². The van der Waals surface area contributed by atoms with Gasteiger partial charge in [0.15, 0.2) is 0 Å². The molecule has 1 aliphatic heterocycles. The average Bonchev–Trinajstić information content (AvgIpc) is 2.64. The van der Waals surface area contributed by atoms with Crippen LogP contribution in [0.3, 0.4) is 0 Å².